The molecule has 2 heterocycles. The van der Waals surface area contributed by atoms with Crippen LogP contribution in [0.5, 0.6) is 5.75 Å². The largest absolute Gasteiger partial charge is 0.482 e. The van der Waals surface area contributed by atoms with Crippen LogP contribution in [0, 0.1) is 17.4 Å². The van der Waals surface area contributed by atoms with Gasteiger partial charge < -0.3 is 10.1 Å². The average molecular weight is 490 g/mol. The van der Waals surface area contributed by atoms with E-state index in [2.05, 4.69) is 70.1 Å². The van der Waals surface area contributed by atoms with Gasteiger partial charge in [-0.2, -0.15) is 5.10 Å². The van der Waals surface area contributed by atoms with Gasteiger partial charge in [-0.15, -0.1) is 0 Å². The van der Waals surface area contributed by atoms with Crippen LogP contribution in [-0.2, 0) is 17.6 Å². The minimum absolute atomic E-state index is 0.0851. The van der Waals surface area contributed by atoms with Crippen LogP contribution in [0.3, 0.4) is 0 Å². The van der Waals surface area contributed by atoms with E-state index >= 15 is 0 Å². The van der Waals surface area contributed by atoms with Crippen molar-refractivity contribution in [2.45, 2.75) is 32.6 Å². The lowest BCUT2D eigenvalue weighted by Crippen LogP contribution is -2.26. The van der Waals surface area contributed by atoms with Crippen molar-refractivity contribution in [2.24, 2.45) is 0 Å². The number of hydrogen-bond donors (Lipinski definition) is 2. The summed E-state index contributed by atoms with van der Waals surface area (Å²) in [4.78, 5) is 22.2. The maximum absolute atomic E-state index is 11.8. The second-order valence-electron chi connectivity index (χ2n) is 9.63. The fourth-order valence-electron chi connectivity index (χ4n) is 5.44. The highest BCUT2D eigenvalue weighted by molar-refractivity contribution is 5.96. The zero-order valence-electron chi connectivity index (χ0n) is 20.6. The van der Waals surface area contributed by atoms with Gasteiger partial charge in [0.25, 0.3) is 11.5 Å². The summed E-state index contributed by atoms with van der Waals surface area (Å²) >= 11 is 0. The van der Waals surface area contributed by atoms with Gasteiger partial charge >= 0.3 is 0 Å². The summed E-state index contributed by atoms with van der Waals surface area (Å²) in [6.45, 7) is 1.91. The Hall–Kier alpha value is -4.45. The number of nitrogens with one attached hydrogen (secondary N) is 2. The molecule has 1 amide bonds. The van der Waals surface area contributed by atoms with Crippen molar-refractivity contribution in [2.75, 3.05) is 11.9 Å². The fourth-order valence-corrected chi connectivity index (χ4v) is 5.44. The van der Waals surface area contributed by atoms with Crippen LogP contribution in [0.2, 0.25) is 0 Å². The van der Waals surface area contributed by atoms with E-state index in [1.54, 1.807) is 6.20 Å². The summed E-state index contributed by atoms with van der Waals surface area (Å²) < 4.78 is 5.55. The van der Waals surface area contributed by atoms with E-state index < -0.39 is 0 Å². The summed E-state index contributed by atoms with van der Waals surface area (Å²) in [7, 11) is 0. The molecule has 7 rings (SSSR count). The first-order valence-electron chi connectivity index (χ1n) is 12.6. The molecular formula is C31H27N3O3. The van der Waals surface area contributed by atoms with Crippen LogP contribution in [0.4, 0.5) is 5.69 Å². The standard InChI is InChI=1S/C26H21NO2.C5H6N2O/c28-26-15-29-25-12-10-17(13-24(25)27-26)22-14-23-18-6-2-1-5-16(18)9-11-21(23)19-7-3-4-8-20(19)22;1-4-2-5(8)7-6-3-4/h3-5,7-13H,1-2,6,14-15H2,(H,27,28);2-3H,1H3,(H,7,8). The summed E-state index contributed by atoms with van der Waals surface area (Å²) in [6, 6.07) is 20.9. The first-order chi connectivity index (χ1) is 18.1. The predicted octanol–water partition coefficient (Wildman–Crippen LogP) is 3.25. The number of rotatable bonds is 1. The highest BCUT2D eigenvalue weighted by atomic mass is 16.5. The van der Waals surface area contributed by atoms with Crippen LogP contribution in [0.25, 0.3) is 11.6 Å². The lowest BCUT2D eigenvalue weighted by Gasteiger charge is -2.22. The van der Waals surface area contributed by atoms with Crippen molar-refractivity contribution in [1.29, 1.82) is 0 Å². The van der Waals surface area contributed by atoms with E-state index in [0.29, 0.717) is 0 Å². The van der Waals surface area contributed by atoms with Crippen LogP contribution in [-0.4, -0.2) is 22.7 Å². The molecule has 37 heavy (non-hydrogen) atoms. The molecule has 0 bridgehead atoms. The number of amides is 1. The number of aryl methyl sites for hydroxylation is 1. The molecule has 0 spiro atoms. The predicted molar refractivity (Wildman–Crippen MR) is 144 cm³/mol. The molecule has 4 aromatic rings. The molecule has 2 N–H and O–H groups in total. The van der Waals surface area contributed by atoms with Crippen molar-refractivity contribution in [3.05, 3.63) is 120 Å². The van der Waals surface area contributed by atoms with Gasteiger partial charge in [-0.3, -0.25) is 9.59 Å². The molecule has 6 nitrogen and oxygen atoms in total. The van der Waals surface area contributed by atoms with Gasteiger partial charge in [-0.25, -0.2) is 5.10 Å². The number of hydrogen-bond acceptors (Lipinski definition) is 4. The third-order valence-corrected chi connectivity index (χ3v) is 7.12. The highest BCUT2D eigenvalue weighted by Crippen LogP contribution is 2.32. The molecule has 0 atom stereocenters. The second-order valence-corrected chi connectivity index (χ2v) is 9.63. The molecule has 2 aliphatic carbocycles. The van der Waals surface area contributed by atoms with E-state index in [-0.39, 0.29) is 18.1 Å². The molecule has 1 aliphatic heterocycles. The zero-order chi connectivity index (χ0) is 25.4. The van der Waals surface area contributed by atoms with E-state index in [0.717, 1.165) is 35.4 Å². The minimum atomic E-state index is -0.148. The number of ether oxygens (including phenoxy) is 1. The Balaban J connectivity index is 0.000000272. The summed E-state index contributed by atoms with van der Waals surface area (Å²) in [5.41, 5.74) is 6.93. The third-order valence-electron chi connectivity index (χ3n) is 7.12. The van der Waals surface area contributed by atoms with Gasteiger partial charge in [0.05, 0.1) is 11.9 Å². The van der Waals surface area contributed by atoms with Crippen molar-refractivity contribution in [3.8, 4) is 5.75 Å². The molecule has 0 saturated heterocycles. The van der Waals surface area contributed by atoms with Crippen molar-refractivity contribution < 1.29 is 9.53 Å². The maximum atomic E-state index is 11.8. The molecule has 6 heteroatoms. The number of benzene rings is 3. The molecule has 3 aliphatic rings. The average Bonchev–Trinajstić information content (AvgIpc) is 2.92. The van der Waals surface area contributed by atoms with E-state index in [4.69, 9.17) is 4.74 Å². The Labute approximate surface area is 213 Å². The summed E-state index contributed by atoms with van der Waals surface area (Å²) in [6.07, 6.45) is 8.44. The first kappa shape index (κ1) is 23.0. The molecule has 0 unspecified atom stereocenters. The van der Waals surface area contributed by atoms with Gasteiger partial charge in [0, 0.05) is 6.07 Å². The summed E-state index contributed by atoms with van der Waals surface area (Å²) in [5, 5.41) is 14.1. The Morgan fingerprint density at radius 3 is 2.59 bits per heavy atom. The fraction of sp³-hybridized carbons (Fsp3) is 0.194. The van der Waals surface area contributed by atoms with Gasteiger partial charge in [0.1, 0.15) is 5.75 Å². The Morgan fingerprint density at radius 1 is 0.919 bits per heavy atom. The van der Waals surface area contributed by atoms with Gasteiger partial charge in [0.15, 0.2) is 6.61 Å². The van der Waals surface area contributed by atoms with Gasteiger partial charge in [0.2, 0.25) is 0 Å². The first-order valence-corrected chi connectivity index (χ1v) is 12.6. The number of carbonyl (C=O) groups excluding carboxylic acids is 1. The van der Waals surface area contributed by atoms with Gasteiger partial charge in [-0.05, 0) is 93.4 Å². The smallest absolute Gasteiger partial charge is 0.264 e. The number of fused-ring (bicyclic) bond motifs is 5. The van der Waals surface area contributed by atoms with Crippen molar-refractivity contribution in [3.63, 3.8) is 0 Å². The lowest BCUT2D eigenvalue weighted by atomic mass is 9.84. The van der Waals surface area contributed by atoms with Crippen LogP contribution in [0.1, 0.15) is 35.1 Å². The molecular weight excluding hydrogens is 462 g/mol. The maximum Gasteiger partial charge on any atom is 0.264 e. The molecule has 0 radical (unpaired) electrons. The Morgan fingerprint density at radius 2 is 1.78 bits per heavy atom. The molecule has 184 valence electrons. The lowest BCUT2D eigenvalue weighted by molar-refractivity contribution is -0.118. The topological polar surface area (TPSA) is 84.1 Å². The van der Waals surface area contributed by atoms with E-state index in [1.165, 1.54) is 56.5 Å². The molecule has 1 aromatic heterocycles. The van der Waals surface area contributed by atoms with Crippen LogP contribution < -0.4 is 26.1 Å². The third kappa shape index (κ3) is 4.47. The highest BCUT2D eigenvalue weighted by Gasteiger charge is 2.20. The number of nitrogens with zero attached hydrogens (tertiary/aromatic N) is 1. The monoisotopic (exact) mass is 489 g/mol. The van der Waals surface area contributed by atoms with Crippen molar-refractivity contribution in [1.82, 2.24) is 10.2 Å². The second kappa shape index (κ2) is 9.54. The Kier molecular flexibility index (Phi) is 5.93. The molecule has 3 aromatic carbocycles. The Bertz CT molecular complexity index is 1820. The van der Waals surface area contributed by atoms with Crippen LogP contribution in [0.15, 0.2) is 71.7 Å². The van der Waals surface area contributed by atoms with Gasteiger partial charge in [-0.1, -0.05) is 48.5 Å². The number of aromatic amines is 1. The number of carbonyl (C=O) groups is 1. The number of anilines is 1. The molecule has 0 saturated carbocycles. The summed E-state index contributed by atoms with van der Waals surface area (Å²) in [5.74, 6) is 0.643. The zero-order valence-corrected chi connectivity index (χ0v) is 20.6. The van der Waals surface area contributed by atoms with Crippen molar-refractivity contribution >= 4 is 23.2 Å². The van der Waals surface area contributed by atoms with E-state index in [1.807, 2.05) is 13.0 Å². The van der Waals surface area contributed by atoms with Crippen LogP contribution >= 0.6 is 0 Å². The van der Waals surface area contributed by atoms with E-state index in [9.17, 15) is 9.59 Å². The minimum Gasteiger partial charge on any atom is -0.482 e. The SMILES string of the molecule is Cc1cn[nH]c(=O)c1.O=C1COc2ccc(C3=c4ccccc4=c4ccc5c(c4C3)CCCC=5)cc2N1. The normalized spacial score (nSPS) is 14.8. The number of aromatic nitrogens is 2. The number of H-pyrrole nitrogens is 1. The molecule has 0 fully saturated rings. The quantitative estimate of drug-likeness (QED) is 0.430.